The Morgan fingerprint density at radius 1 is 0.333 bits per heavy atom. The Labute approximate surface area is 348 Å². The molecule has 0 amide bonds. The van der Waals surface area contributed by atoms with E-state index in [2.05, 4.69) is 176 Å². The van der Waals surface area contributed by atoms with E-state index in [4.69, 9.17) is 19.4 Å². The fraction of sp³-hybridized carbons (Fsp3) is 0. The average Bonchev–Trinajstić information content (AvgIpc) is 3.99. The van der Waals surface area contributed by atoms with Gasteiger partial charge in [-0.25, -0.2) is 15.0 Å². The van der Waals surface area contributed by atoms with Crippen molar-refractivity contribution in [3.63, 3.8) is 0 Å². The second-order valence-corrected chi connectivity index (χ2v) is 16.6. The van der Waals surface area contributed by atoms with Crippen LogP contribution >= 0.6 is 11.3 Å². The van der Waals surface area contributed by atoms with Crippen molar-refractivity contribution >= 4 is 64.2 Å². The van der Waals surface area contributed by atoms with Crippen molar-refractivity contribution in [3.8, 4) is 78.7 Å². The van der Waals surface area contributed by atoms with Gasteiger partial charge in [0, 0.05) is 53.2 Å². The Morgan fingerprint density at radius 3 is 1.80 bits per heavy atom. The molecule has 5 heteroatoms. The Hall–Kier alpha value is -7.73. The Balaban J connectivity index is 0.980. The van der Waals surface area contributed by atoms with Crippen LogP contribution in [0.4, 0.5) is 0 Å². The Bertz CT molecular complexity index is 3710. The summed E-state index contributed by atoms with van der Waals surface area (Å²) >= 11 is 1.81. The van der Waals surface area contributed by atoms with Crippen LogP contribution in [-0.4, -0.2) is 15.0 Å². The van der Waals surface area contributed by atoms with E-state index in [-0.39, 0.29) is 0 Å². The van der Waals surface area contributed by atoms with Gasteiger partial charge in [-0.1, -0.05) is 146 Å². The van der Waals surface area contributed by atoms with Crippen LogP contribution in [0.15, 0.2) is 192 Å². The lowest BCUT2D eigenvalue weighted by atomic mass is 9.92. The molecule has 12 aromatic rings. The molecule has 1 aliphatic carbocycles. The van der Waals surface area contributed by atoms with Crippen LogP contribution in [0.5, 0.6) is 0 Å². The predicted molar refractivity (Wildman–Crippen MR) is 249 cm³/mol. The van der Waals surface area contributed by atoms with Gasteiger partial charge in [0.15, 0.2) is 17.5 Å². The van der Waals surface area contributed by atoms with Gasteiger partial charge >= 0.3 is 0 Å². The Kier molecular flexibility index (Phi) is 7.14. The van der Waals surface area contributed by atoms with E-state index in [9.17, 15) is 0 Å². The topological polar surface area (TPSA) is 51.8 Å². The minimum atomic E-state index is 0.629. The summed E-state index contributed by atoms with van der Waals surface area (Å²) in [5.74, 6) is 1.90. The SMILES string of the molecule is c1ccc(-c2ccc(-c3nc(-c4cccc(-c5cccc6c5-c5cccc7cc8oc9ccccc9c8c-6c57)c4)nc(-c4ccc5sc6ccccc6c5c4)n3)cc2)cc1. The fourth-order valence-corrected chi connectivity index (χ4v) is 10.4. The lowest BCUT2D eigenvalue weighted by Gasteiger charge is -2.13. The van der Waals surface area contributed by atoms with Gasteiger partial charge in [-0.05, 0) is 92.2 Å². The van der Waals surface area contributed by atoms with Crippen LogP contribution < -0.4 is 0 Å². The smallest absolute Gasteiger partial charge is 0.164 e. The number of thiophene rings is 1. The predicted octanol–water partition coefficient (Wildman–Crippen LogP) is 15.3. The normalized spacial score (nSPS) is 12.0. The van der Waals surface area contributed by atoms with Crippen LogP contribution in [0, 0.1) is 0 Å². The highest BCUT2D eigenvalue weighted by Gasteiger charge is 2.28. The number of para-hydroxylation sites is 1. The third-order valence-electron chi connectivity index (χ3n) is 12.1. The van der Waals surface area contributed by atoms with Gasteiger partial charge in [-0.2, -0.15) is 0 Å². The number of aromatic nitrogens is 3. The minimum absolute atomic E-state index is 0.629. The largest absolute Gasteiger partial charge is 0.456 e. The van der Waals surface area contributed by atoms with Gasteiger partial charge in [0.25, 0.3) is 0 Å². The monoisotopic (exact) mass is 781 g/mol. The highest BCUT2D eigenvalue weighted by molar-refractivity contribution is 7.25. The van der Waals surface area contributed by atoms with E-state index < -0.39 is 0 Å². The van der Waals surface area contributed by atoms with Crippen molar-refractivity contribution < 1.29 is 4.42 Å². The maximum absolute atomic E-state index is 6.45. The van der Waals surface area contributed by atoms with Crippen molar-refractivity contribution in [2.24, 2.45) is 0 Å². The second-order valence-electron chi connectivity index (χ2n) is 15.5. The number of furan rings is 1. The molecule has 0 spiro atoms. The molecule has 3 heterocycles. The van der Waals surface area contributed by atoms with Gasteiger partial charge in [-0.15, -0.1) is 11.3 Å². The molecule has 0 fully saturated rings. The van der Waals surface area contributed by atoms with Crippen LogP contribution in [0.1, 0.15) is 0 Å². The molecule has 60 heavy (non-hydrogen) atoms. The molecule has 1 aliphatic rings. The van der Waals surface area contributed by atoms with Crippen molar-refractivity contribution in [2.45, 2.75) is 0 Å². The summed E-state index contributed by atoms with van der Waals surface area (Å²) in [5, 5.41) is 7.22. The molecule has 13 rings (SSSR count). The molecule has 0 unspecified atom stereocenters. The third kappa shape index (κ3) is 5.06. The molecule has 0 radical (unpaired) electrons. The van der Waals surface area contributed by atoms with Gasteiger partial charge in [0.2, 0.25) is 0 Å². The van der Waals surface area contributed by atoms with Crippen molar-refractivity contribution in [3.05, 3.63) is 188 Å². The van der Waals surface area contributed by atoms with Crippen molar-refractivity contribution in [1.29, 1.82) is 0 Å². The first-order valence-corrected chi connectivity index (χ1v) is 21.0. The fourth-order valence-electron chi connectivity index (χ4n) is 9.33. The number of hydrogen-bond acceptors (Lipinski definition) is 5. The first-order chi connectivity index (χ1) is 29.7. The molecular formula is C55H31N3OS. The van der Waals surface area contributed by atoms with Crippen LogP contribution in [0.2, 0.25) is 0 Å². The van der Waals surface area contributed by atoms with E-state index in [0.717, 1.165) is 44.4 Å². The van der Waals surface area contributed by atoms with Gasteiger partial charge in [0.05, 0.1) is 0 Å². The summed E-state index contributed by atoms with van der Waals surface area (Å²) in [6, 6.07) is 66.7. The molecule has 9 aromatic carbocycles. The Morgan fingerprint density at radius 2 is 0.933 bits per heavy atom. The number of benzene rings is 9. The summed E-state index contributed by atoms with van der Waals surface area (Å²) < 4.78 is 8.96. The molecule has 0 saturated heterocycles. The zero-order valence-electron chi connectivity index (χ0n) is 32.1. The minimum Gasteiger partial charge on any atom is -0.456 e. The third-order valence-corrected chi connectivity index (χ3v) is 13.2. The summed E-state index contributed by atoms with van der Waals surface area (Å²) in [4.78, 5) is 15.6. The van der Waals surface area contributed by atoms with E-state index in [1.807, 2.05) is 23.5 Å². The number of hydrogen-bond donors (Lipinski definition) is 0. The molecule has 0 N–H and O–H groups in total. The highest BCUT2D eigenvalue weighted by Crippen LogP contribution is 2.55. The molecule has 278 valence electrons. The van der Waals surface area contributed by atoms with Crippen LogP contribution in [-0.2, 0) is 0 Å². The highest BCUT2D eigenvalue weighted by atomic mass is 32.1. The van der Waals surface area contributed by atoms with Crippen LogP contribution in [0.25, 0.3) is 132 Å². The van der Waals surface area contributed by atoms with Crippen molar-refractivity contribution in [2.75, 3.05) is 0 Å². The number of fused-ring (bicyclic) bond motifs is 10. The van der Waals surface area contributed by atoms with Gasteiger partial charge < -0.3 is 4.42 Å². The average molecular weight is 782 g/mol. The van der Waals surface area contributed by atoms with Gasteiger partial charge in [0.1, 0.15) is 11.2 Å². The molecule has 0 atom stereocenters. The van der Waals surface area contributed by atoms with Crippen LogP contribution in [0.3, 0.4) is 0 Å². The number of rotatable bonds is 5. The first kappa shape index (κ1) is 33.3. The maximum Gasteiger partial charge on any atom is 0.164 e. The summed E-state index contributed by atoms with van der Waals surface area (Å²) in [6.07, 6.45) is 0. The lowest BCUT2D eigenvalue weighted by Crippen LogP contribution is -2.00. The zero-order chi connectivity index (χ0) is 39.3. The van der Waals surface area contributed by atoms with E-state index in [1.165, 1.54) is 69.7 Å². The zero-order valence-corrected chi connectivity index (χ0v) is 32.9. The van der Waals surface area contributed by atoms with Gasteiger partial charge in [-0.3, -0.25) is 0 Å². The lowest BCUT2D eigenvalue weighted by molar-refractivity contribution is 0.669. The quantitative estimate of drug-likeness (QED) is 0.174. The number of nitrogens with zero attached hydrogens (tertiary/aromatic N) is 3. The molecular weight excluding hydrogens is 751 g/mol. The van der Waals surface area contributed by atoms with E-state index >= 15 is 0 Å². The van der Waals surface area contributed by atoms with Crippen molar-refractivity contribution in [1.82, 2.24) is 15.0 Å². The van der Waals surface area contributed by atoms with E-state index in [0.29, 0.717) is 17.5 Å². The molecule has 4 nitrogen and oxygen atoms in total. The standard InChI is InChI=1S/C55H31N3OS/c1-2-11-32(12-3-1)33-23-25-34(26-24-33)53-56-54(58-55(57-53)38-27-28-48-44(30-38)40-16-5-7-22-47(40)60-48)37-15-8-13-35(29-37)39-18-10-20-43-50(39)42-19-9-14-36-31-46-51(52(43)49(36)42)41-17-4-6-21-45(41)59-46/h1-31H. The summed E-state index contributed by atoms with van der Waals surface area (Å²) in [7, 11) is 0. The first-order valence-electron chi connectivity index (χ1n) is 20.2. The summed E-state index contributed by atoms with van der Waals surface area (Å²) in [5.41, 5.74) is 14.2. The molecule has 0 bridgehead atoms. The second kappa shape index (κ2) is 12.9. The maximum atomic E-state index is 6.45. The van der Waals surface area contributed by atoms with E-state index in [1.54, 1.807) is 0 Å². The molecule has 0 saturated carbocycles. The summed E-state index contributed by atoms with van der Waals surface area (Å²) in [6.45, 7) is 0. The molecule has 0 aliphatic heterocycles. The molecule has 3 aromatic heterocycles.